The molecule has 1 aromatic rings. The molecule has 0 saturated carbocycles. The number of amides is 1. The van der Waals surface area contributed by atoms with Crippen LogP contribution in [0.25, 0.3) is 0 Å². The van der Waals surface area contributed by atoms with Crippen molar-refractivity contribution in [2.24, 2.45) is 4.99 Å². The van der Waals surface area contributed by atoms with Gasteiger partial charge in [0.1, 0.15) is 0 Å². The number of nitrogens with one attached hydrogen (secondary N) is 2. The van der Waals surface area contributed by atoms with Gasteiger partial charge in [0, 0.05) is 7.05 Å². The van der Waals surface area contributed by atoms with Crippen molar-refractivity contribution in [1.29, 1.82) is 0 Å². The van der Waals surface area contributed by atoms with Gasteiger partial charge in [-0.1, -0.05) is 0 Å². The molecule has 5 heteroatoms. The molecule has 1 rings (SSSR count). The lowest BCUT2D eigenvalue weighted by molar-refractivity contribution is 0.0959. The molecule has 0 aliphatic rings. The molecule has 0 unspecified atom stereocenters. The zero-order valence-corrected chi connectivity index (χ0v) is 6.09. The van der Waals surface area contributed by atoms with Crippen LogP contribution < -0.4 is 5.32 Å². The Hall–Kier alpha value is -1.65. The van der Waals surface area contributed by atoms with Gasteiger partial charge < -0.3 is 10.3 Å². The van der Waals surface area contributed by atoms with Crippen LogP contribution in [0.1, 0.15) is 10.5 Å². The van der Waals surface area contributed by atoms with Crippen molar-refractivity contribution in [3.8, 4) is 0 Å². The topological polar surface area (TPSA) is 70.1 Å². The molecule has 0 aliphatic heterocycles. The third kappa shape index (κ3) is 1.26. The average molecular weight is 152 g/mol. The minimum atomic E-state index is -0.270. The van der Waals surface area contributed by atoms with Crippen LogP contribution in [0.3, 0.4) is 0 Å². The van der Waals surface area contributed by atoms with E-state index in [0.29, 0.717) is 5.82 Å². The average Bonchev–Trinajstić information content (AvgIpc) is 2.50. The lowest BCUT2D eigenvalue weighted by Gasteiger charge is -1.93. The van der Waals surface area contributed by atoms with Crippen molar-refractivity contribution in [2.45, 2.75) is 0 Å². The molecule has 5 nitrogen and oxygen atoms in total. The Morgan fingerprint density at radius 2 is 2.64 bits per heavy atom. The highest BCUT2D eigenvalue weighted by molar-refractivity contribution is 5.96. The Bertz CT molecular complexity index is 278. The first-order valence-corrected chi connectivity index (χ1v) is 3.01. The third-order valence-electron chi connectivity index (χ3n) is 1.22. The van der Waals surface area contributed by atoms with Gasteiger partial charge >= 0.3 is 0 Å². The molecule has 1 amide bonds. The van der Waals surface area contributed by atoms with Crippen LogP contribution in [-0.2, 0) is 0 Å². The molecule has 58 valence electrons. The summed E-state index contributed by atoms with van der Waals surface area (Å²) in [6, 6.07) is 0. The largest absolute Gasteiger partial charge is 0.354 e. The fourth-order valence-corrected chi connectivity index (χ4v) is 0.693. The fourth-order valence-electron chi connectivity index (χ4n) is 0.693. The molecular formula is C6H8N4O. The first-order chi connectivity index (χ1) is 5.29. The van der Waals surface area contributed by atoms with E-state index in [9.17, 15) is 4.79 Å². The second-order valence-electron chi connectivity index (χ2n) is 1.84. The van der Waals surface area contributed by atoms with Crippen molar-refractivity contribution in [1.82, 2.24) is 15.3 Å². The first kappa shape index (κ1) is 7.46. The van der Waals surface area contributed by atoms with Gasteiger partial charge in [0.05, 0.1) is 6.33 Å². The second kappa shape index (κ2) is 2.96. The molecule has 0 spiro atoms. The standard InChI is InChI=1S/C6H8N4O/c1-7-5-4(6(11)8-2)9-3-10-5/h3H,1H2,2H3,(H,8,11)(H,9,10). The molecular weight excluding hydrogens is 144 g/mol. The van der Waals surface area contributed by atoms with E-state index in [1.54, 1.807) is 0 Å². The summed E-state index contributed by atoms with van der Waals surface area (Å²) < 4.78 is 0. The number of aromatic amines is 1. The molecule has 0 saturated heterocycles. The van der Waals surface area contributed by atoms with Crippen molar-refractivity contribution >= 4 is 18.4 Å². The molecule has 11 heavy (non-hydrogen) atoms. The molecule has 1 heterocycles. The van der Waals surface area contributed by atoms with Gasteiger partial charge in [-0.3, -0.25) is 4.79 Å². The zero-order chi connectivity index (χ0) is 8.27. The van der Waals surface area contributed by atoms with Crippen LogP contribution in [0.2, 0.25) is 0 Å². The minimum absolute atomic E-state index is 0.266. The smallest absolute Gasteiger partial charge is 0.273 e. The van der Waals surface area contributed by atoms with E-state index in [1.165, 1.54) is 13.4 Å². The maximum absolute atomic E-state index is 11.0. The highest BCUT2D eigenvalue weighted by Crippen LogP contribution is 2.10. The quantitative estimate of drug-likeness (QED) is 0.590. The Labute approximate surface area is 63.6 Å². The van der Waals surface area contributed by atoms with E-state index < -0.39 is 0 Å². The van der Waals surface area contributed by atoms with E-state index in [4.69, 9.17) is 0 Å². The summed E-state index contributed by atoms with van der Waals surface area (Å²) in [6.45, 7) is 3.28. The summed E-state index contributed by atoms with van der Waals surface area (Å²) in [6.07, 6.45) is 1.40. The second-order valence-corrected chi connectivity index (χ2v) is 1.84. The van der Waals surface area contributed by atoms with E-state index in [1.807, 2.05) is 0 Å². The highest BCUT2D eigenvalue weighted by Gasteiger charge is 2.10. The Morgan fingerprint density at radius 3 is 3.18 bits per heavy atom. The van der Waals surface area contributed by atoms with Crippen LogP contribution in [0.15, 0.2) is 11.3 Å². The number of H-pyrrole nitrogens is 1. The Morgan fingerprint density at radius 1 is 1.91 bits per heavy atom. The summed E-state index contributed by atoms with van der Waals surface area (Å²) >= 11 is 0. The lowest BCUT2D eigenvalue weighted by atomic mass is 10.4. The van der Waals surface area contributed by atoms with E-state index in [0.717, 1.165) is 0 Å². The summed E-state index contributed by atoms with van der Waals surface area (Å²) in [4.78, 5) is 21.0. The molecule has 0 aliphatic carbocycles. The van der Waals surface area contributed by atoms with Gasteiger partial charge in [-0.05, 0) is 6.72 Å². The molecule has 0 aromatic carbocycles. The monoisotopic (exact) mass is 152 g/mol. The number of carbonyl (C=O) groups excluding carboxylic acids is 1. The van der Waals surface area contributed by atoms with Crippen molar-refractivity contribution in [3.63, 3.8) is 0 Å². The SMILES string of the molecule is C=Nc1[nH]cnc1C(=O)NC. The number of hydrogen-bond donors (Lipinski definition) is 2. The van der Waals surface area contributed by atoms with Crippen LogP contribution in [0.4, 0.5) is 5.82 Å². The van der Waals surface area contributed by atoms with Gasteiger partial charge in [-0.2, -0.15) is 0 Å². The highest BCUT2D eigenvalue weighted by atomic mass is 16.1. The van der Waals surface area contributed by atoms with E-state index >= 15 is 0 Å². The predicted molar refractivity (Wildman–Crippen MR) is 41.2 cm³/mol. The molecule has 0 bridgehead atoms. The van der Waals surface area contributed by atoms with Crippen LogP contribution >= 0.6 is 0 Å². The number of imidazole rings is 1. The fraction of sp³-hybridized carbons (Fsp3) is 0.167. The summed E-state index contributed by atoms with van der Waals surface area (Å²) in [5.74, 6) is 0.123. The van der Waals surface area contributed by atoms with Gasteiger partial charge in [0.25, 0.3) is 5.91 Å². The van der Waals surface area contributed by atoms with Crippen LogP contribution in [0, 0.1) is 0 Å². The molecule has 0 fully saturated rings. The van der Waals surface area contributed by atoms with E-state index in [2.05, 4.69) is 27.0 Å². The summed E-state index contributed by atoms with van der Waals surface area (Å²) in [7, 11) is 1.53. The van der Waals surface area contributed by atoms with Crippen molar-refractivity contribution in [3.05, 3.63) is 12.0 Å². The Balaban J connectivity index is 3.01. The van der Waals surface area contributed by atoms with Gasteiger partial charge in [0.2, 0.25) is 0 Å². The van der Waals surface area contributed by atoms with E-state index in [-0.39, 0.29) is 11.6 Å². The number of carbonyl (C=O) groups is 1. The number of rotatable bonds is 2. The van der Waals surface area contributed by atoms with Gasteiger partial charge in [-0.25, -0.2) is 9.98 Å². The molecule has 1 aromatic heterocycles. The third-order valence-corrected chi connectivity index (χ3v) is 1.22. The first-order valence-electron chi connectivity index (χ1n) is 3.01. The predicted octanol–water partition coefficient (Wildman–Crippen LogP) is 0.101. The van der Waals surface area contributed by atoms with Crippen LogP contribution in [-0.4, -0.2) is 29.6 Å². The minimum Gasteiger partial charge on any atom is -0.354 e. The lowest BCUT2D eigenvalue weighted by Crippen LogP contribution is -2.18. The van der Waals surface area contributed by atoms with Gasteiger partial charge in [0.15, 0.2) is 11.5 Å². The van der Waals surface area contributed by atoms with Crippen LogP contribution in [0.5, 0.6) is 0 Å². The van der Waals surface area contributed by atoms with Crippen molar-refractivity contribution < 1.29 is 4.79 Å². The number of aliphatic imine (C=N–C) groups is 1. The molecule has 0 atom stereocenters. The maximum atomic E-state index is 11.0. The maximum Gasteiger partial charge on any atom is 0.273 e. The molecule has 2 N–H and O–H groups in total. The number of nitrogens with zero attached hydrogens (tertiary/aromatic N) is 2. The van der Waals surface area contributed by atoms with Crippen molar-refractivity contribution in [2.75, 3.05) is 7.05 Å². The summed E-state index contributed by atoms with van der Waals surface area (Å²) in [5.41, 5.74) is 0.266. The Kier molecular flexibility index (Phi) is 2.00. The van der Waals surface area contributed by atoms with Gasteiger partial charge in [-0.15, -0.1) is 0 Å². The number of aromatic nitrogens is 2. The summed E-state index contributed by atoms with van der Waals surface area (Å²) in [5, 5.41) is 2.43. The number of hydrogen-bond acceptors (Lipinski definition) is 3. The zero-order valence-electron chi connectivity index (χ0n) is 6.09. The normalized spacial score (nSPS) is 9.18. The molecule has 0 radical (unpaired) electrons.